The summed E-state index contributed by atoms with van der Waals surface area (Å²) in [5.41, 5.74) is 6.88. The van der Waals surface area contributed by atoms with Crippen LogP contribution in [0.3, 0.4) is 0 Å². The quantitative estimate of drug-likeness (QED) is 0.630. The Kier molecular flexibility index (Phi) is 4.93. The Hall–Kier alpha value is -1.39. The zero-order valence-corrected chi connectivity index (χ0v) is 11.5. The van der Waals surface area contributed by atoms with Crippen molar-refractivity contribution in [2.75, 3.05) is 19.8 Å². The second kappa shape index (κ2) is 6.68. The number of rotatable bonds is 5. The first kappa shape index (κ1) is 14.0. The molecule has 1 aliphatic heterocycles. The SMILES string of the molecule is CCC1COCCN1C(CC(=N)N)c1ccccc1. The minimum absolute atomic E-state index is 0.188. The lowest BCUT2D eigenvalue weighted by atomic mass is 9.98. The van der Waals surface area contributed by atoms with Gasteiger partial charge in [0.1, 0.15) is 0 Å². The van der Waals surface area contributed by atoms with Gasteiger partial charge >= 0.3 is 0 Å². The fourth-order valence-corrected chi connectivity index (χ4v) is 2.74. The van der Waals surface area contributed by atoms with E-state index in [2.05, 4.69) is 24.0 Å². The summed E-state index contributed by atoms with van der Waals surface area (Å²) >= 11 is 0. The lowest BCUT2D eigenvalue weighted by Gasteiger charge is -2.41. The average molecular weight is 261 g/mol. The summed E-state index contributed by atoms with van der Waals surface area (Å²) < 4.78 is 5.57. The van der Waals surface area contributed by atoms with Crippen LogP contribution in [0.5, 0.6) is 0 Å². The van der Waals surface area contributed by atoms with Crippen LogP contribution >= 0.6 is 0 Å². The van der Waals surface area contributed by atoms with Gasteiger partial charge in [-0.25, -0.2) is 0 Å². The van der Waals surface area contributed by atoms with Gasteiger partial charge in [-0.1, -0.05) is 37.3 Å². The van der Waals surface area contributed by atoms with Crippen LogP contribution in [0.25, 0.3) is 0 Å². The Morgan fingerprint density at radius 1 is 1.47 bits per heavy atom. The van der Waals surface area contributed by atoms with Crippen LogP contribution in [0.4, 0.5) is 0 Å². The van der Waals surface area contributed by atoms with Crippen LogP contribution in [-0.2, 0) is 4.74 Å². The van der Waals surface area contributed by atoms with Crippen LogP contribution in [0.2, 0.25) is 0 Å². The van der Waals surface area contributed by atoms with Crippen LogP contribution in [0, 0.1) is 5.41 Å². The predicted octanol–water partition coefficient (Wildman–Crippen LogP) is 2.16. The Labute approximate surface area is 115 Å². The number of amidine groups is 1. The molecule has 0 amide bonds. The van der Waals surface area contributed by atoms with Gasteiger partial charge in [0.15, 0.2) is 0 Å². The predicted molar refractivity (Wildman–Crippen MR) is 77.3 cm³/mol. The Morgan fingerprint density at radius 3 is 2.84 bits per heavy atom. The van der Waals surface area contributed by atoms with Gasteiger partial charge < -0.3 is 10.5 Å². The molecule has 1 aromatic carbocycles. The van der Waals surface area contributed by atoms with E-state index in [4.69, 9.17) is 15.9 Å². The van der Waals surface area contributed by atoms with Gasteiger partial charge in [-0.2, -0.15) is 0 Å². The molecular formula is C15H23N3O. The van der Waals surface area contributed by atoms with Crippen LogP contribution in [-0.4, -0.2) is 36.5 Å². The zero-order chi connectivity index (χ0) is 13.7. The van der Waals surface area contributed by atoms with E-state index < -0.39 is 0 Å². The van der Waals surface area contributed by atoms with Crippen molar-refractivity contribution in [3.8, 4) is 0 Å². The molecule has 0 aromatic heterocycles. The number of nitrogens with two attached hydrogens (primary N) is 1. The first-order chi connectivity index (χ1) is 9.22. The summed E-state index contributed by atoms with van der Waals surface area (Å²) in [4.78, 5) is 2.44. The molecule has 19 heavy (non-hydrogen) atoms. The van der Waals surface area contributed by atoms with E-state index >= 15 is 0 Å². The van der Waals surface area contributed by atoms with E-state index in [1.54, 1.807) is 0 Å². The lowest BCUT2D eigenvalue weighted by molar-refractivity contribution is -0.0296. The minimum atomic E-state index is 0.188. The van der Waals surface area contributed by atoms with Crippen molar-refractivity contribution in [2.24, 2.45) is 5.73 Å². The Morgan fingerprint density at radius 2 is 2.21 bits per heavy atom. The molecule has 104 valence electrons. The van der Waals surface area contributed by atoms with Gasteiger partial charge in [0.05, 0.1) is 19.0 Å². The molecule has 0 aliphatic carbocycles. The van der Waals surface area contributed by atoms with Gasteiger partial charge in [0.25, 0.3) is 0 Å². The van der Waals surface area contributed by atoms with Crippen LogP contribution in [0.15, 0.2) is 30.3 Å². The smallest absolute Gasteiger partial charge is 0.0924 e. The molecule has 0 spiro atoms. The van der Waals surface area contributed by atoms with Gasteiger partial charge in [0, 0.05) is 25.0 Å². The molecular weight excluding hydrogens is 238 g/mol. The summed E-state index contributed by atoms with van der Waals surface area (Å²) in [5, 5.41) is 7.64. The first-order valence-corrected chi connectivity index (χ1v) is 6.93. The zero-order valence-electron chi connectivity index (χ0n) is 11.5. The maximum absolute atomic E-state index is 7.64. The largest absolute Gasteiger partial charge is 0.388 e. The first-order valence-electron chi connectivity index (χ1n) is 6.93. The molecule has 1 saturated heterocycles. The number of benzene rings is 1. The fraction of sp³-hybridized carbons (Fsp3) is 0.533. The summed E-state index contributed by atoms with van der Waals surface area (Å²) in [6.07, 6.45) is 1.64. The van der Waals surface area contributed by atoms with Crippen molar-refractivity contribution in [3.63, 3.8) is 0 Å². The molecule has 0 saturated carbocycles. The molecule has 0 bridgehead atoms. The average Bonchev–Trinajstić information content (AvgIpc) is 2.45. The number of hydrogen-bond donors (Lipinski definition) is 2. The molecule has 2 unspecified atom stereocenters. The summed E-state index contributed by atoms with van der Waals surface area (Å²) in [6, 6.07) is 11.0. The molecule has 3 N–H and O–H groups in total. The highest BCUT2D eigenvalue weighted by molar-refractivity contribution is 5.77. The minimum Gasteiger partial charge on any atom is -0.388 e. The molecule has 0 radical (unpaired) electrons. The molecule has 2 rings (SSSR count). The van der Waals surface area contributed by atoms with Crippen molar-refractivity contribution in [2.45, 2.75) is 31.8 Å². The van der Waals surface area contributed by atoms with Crippen molar-refractivity contribution >= 4 is 5.84 Å². The summed E-state index contributed by atoms with van der Waals surface area (Å²) in [7, 11) is 0. The number of ether oxygens (including phenoxy) is 1. The van der Waals surface area contributed by atoms with Crippen molar-refractivity contribution < 1.29 is 4.74 Å². The normalized spacial score (nSPS) is 22.1. The van der Waals surface area contributed by atoms with Gasteiger partial charge in [-0.05, 0) is 12.0 Å². The second-order valence-corrected chi connectivity index (χ2v) is 5.03. The third-order valence-corrected chi connectivity index (χ3v) is 3.74. The number of nitrogens with one attached hydrogen (secondary N) is 1. The summed E-state index contributed by atoms with van der Waals surface area (Å²) in [6.45, 7) is 4.63. The molecule has 1 aromatic rings. The molecule has 1 aliphatic rings. The number of nitrogens with zero attached hydrogens (tertiary/aromatic N) is 1. The van der Waals surface area contributed by atoms with Gasteiger partial charge in [-0.3, -0.25) is 10.3 Å². The summed E-state index contributed by atoms with van der Waals surface area (Å²) in [5.74, 6) is 0.246. The fourth-order valence-electron chi connectivity index (χ4n) is 2.74. The van der Waals surface area contributed by atoms with Crippen LogP contribution < -0.4 is 5.73 Å². The lowest BCUT2D eigenvalue weighted by Crippen LogP contribution is -2.47. The van der Waals surface area contributed by atoms with Crippen molar-refractivity contribution in [3.05, 3.63) is 35.9 Å². The maximum Gasteiger partial charge on any atom is 0.0924 e. The third-order valence-electron chi connectivity index (χ3n) is 3.74. The topological polar surface area (TPSA) is 62.3 Å². The highest BCUT2D eigenvalue weighted by Gasteiger charge is 2.29. The van der Waals surface area contributed by atoms with Crippen molar-refractivity contribution in [1.82, 2.24) is 4.90 Å². The maximum atomic E-state index is 7.64. The molecule has 4 heteroatoms. The standard InChI is InChI=1S/C15H23N3O/c1-2-13-11-19-9-8-18(13)14(10-15(16)17)12-6-4-3-5-7-12/h3-7,13-14H,2,8-11H2,1H3,(H3,16,17). The Balaban J connectivity index is 2.23. The highest BCUT2D eigenvalue weighted by atomic mass is 16.5. The van der Waals surface area contributed by atoms with E-state index in [0.29, 0.717) is 12.5 Å². The van der Waals surface area contributed by atoms with Crippen LogP contribution in [0.1, 0.15) is 31.4 Å². The van der Waals surface area contributed by atoms with E-state index in [1.165, 1.54) is 5.56 Å². The highest BCUT2D eigenvalue weighted by Crippen LogP contribution is 2.28. The number of morpholine rings is 1. The molecule has 4 nitrogen and oxygen atoms in total. The number of hydrogen-bond acceptors (Lipinski definition) is 3. The van der Waals surface area contributed by atoms with E-state index in [1.807, 2.05) is 18.2 Å². The van der Waals surface area contributed by atoms with E-state index in [-0.39, 0.29) is 11.9 Å². The molecule has 2 atom stereocenters. The molecule has 1 fully saturated rings. The monoisotopic (exact) mass is 261 g/mol. The Bertz CT molecular complexity index is 407. The van der Waals surface area contributed by atoms with Gasteiger partial charge in [0.2, 0.25) is 0 Å². The molecule has 1 heterocycles. The third kappa shape index (κ3) is 3.55. The van der Waals surface area contributed by atoms with Crippen molar-refractivity contribution in [1.29, 1.82) is 5.41 Å². The van der Waals surface area contributed by atoms with E-state index in [9.17, 15) is 0 Å². The van der Waals surface area contributed by atoms with E-state index in [0.717, 1.165) is 26.2 Å². The second-order valence-electron chi connectivity index (χ2n) is 5.03. The van der Waals surface area contributed by atoms with Gasteiger partial charge in [-0.15, -0.1) is 0 Å².